The Balaban J connectivity index is 1.51. The van der Waals surface area contributed by atoms with E-state index in [1.807, 2.05) is 6.92 Å². The normalized spacial score (nSPS) is 48.3. The van der Waals surface area contributed by atoms with Crippen molar-refractivity contribution >= 4 is 0 Å². The third-order valence-corrected chi connectivity index (χ3v) is 10.0. The molecule has 0 spiro atoms. The van der Waals surface area contributed by atoms with Crippen LogP contribution in [0.3, 0.4) is 0 Å². The molecule has 4 heteroatoms. The molecule has 8 atom stereocenters. The molecule has 0 aromatic carbocycles. The van der Waals surface area contributed by atoms with Crippen LogP contribution in [-0.2, 0) is 0 Å². The maximum absolute atomic E-state index is 14.0. The maximum Gasteiger partial charge on any atom is 0.273 e. The summed E-state index contributed by atoms with van der Waals surface area (Å²) in [7, 11) is 0. The molecular weight excluding hydrogens is 370 g/mol. The Labute approximate surface area is 175 Å². The second-order valence-electron chi connectivity index (χ2n) is 11.7. The smallest absolute Gasteiger partial charge is 0.273 e. The van der Waals surface area contributed by atoms with E-state index < -0.39 is 17.6 Å². The average molecular weight is 411 g/mol. The molecule has 0 saturated heterocycles. The lowest BCUT2D eigenvalue weighted by atomic mass is 9.46. The van der Waals surface area contributed by atoms with Crippen molar-refractivity contribution in [3.63, 3.8) is 0 Å². The van der Waals surface area contributed by atoms with E-state index in [0.717, 1.165) is 38.5 Å². The number of rotatable bonds is 4. The monoisotopic (exact) mass is 410 g/mol. The van der Waals surface area contributed by atoms with Crippen LogP contribution in [0.2, 0.25) is 0 Å². The van der Waals surface area contributed by atoms with E-state index in [0.29, 0.717) is 30.1 Å². The number of halogens is 2. The molecular formula is C25H40F2O2. The summed E-state index contributed by atoms with van der Waals surface area (Å²) < 4.78 is 28.1. The van der Waals surface area contributed by atoms with Crippen LogP contribution in [0.4, 0.5) is 8.78 Å². The van der Waals surface area contributed by atoms with Crippen molar-refractivity contribution in [2.75, 3.05) is 0 Å². The van der Waals surface area contributed by atoms with Crippen LogP contribution in [0.1, 0.15) is 91.9 Å². The highest BCUT2D eigenvalue weighted by Crippen LogP contribution is 2.67. The second-order valence-corrected chi connectivity index (χ2v) is 11.7. The molecule has 4 aliphatic carbocycles. The van der Waals surface area contributed by atoms with Gasteiger partial charge in [-0.3, -0.25) is 0 Å². The fraction of sp³-hybridized carbons (Fsp3) is 0.920. The molecule has 0 aromatic heterocycles. The van der Waals surface area contributed by atoms with E-state index in [2.05, 4.69) is 19.9 Å². The first kappa shape index (κ1) is 21.7. The number of hydrogen-bond donors (Lipinski definition) is 2. The highest BCUT2D eigenvalue weighted by Gasteiger charge is 2.59. The summed E-state index contributed by atoms with van der Waals surface area (Å²) in [5.74, 6) is -0.658. The molecule has 29 heavy (non-hydrogen) atoms. The molecule has 4 rings (SSSR count). The fourth-order valence-electron chi connectivity index (χ4n) is 7.96. The molecule has 0 aliphatic heterocycles. The van der Waals surface area contributed by atoms with Crippen LogP contribution in [0.15, 0.2) is 11.6 Å². The largest absolute Gasteiger partial charge is 0.390 e. The Morgan fingerprint density at radius 1 is 1.10 bits per heavy atom. The zero-order chi connectivity index (χ0) is 21.2. The molecule has 5 unspecified atom stereocenters. The molecule has 4 aliphatic rings. The quantitative estimate of drug-likeness (QED) is 0.549. The summed E-state index contributed by atoms with van der Waals surface area (Å²) in [6.07, 6.45) is 9.63. The van der Waals surface area contributed by atoms with Crippen LogP contribution in [0, 0.1) is 34.5 Å². The number of alkyl halides is 2. The summed E-state index contributed by atoms with van der Waals surface area (Å²) in [4.78, 5) is 0. The molecule has 0 heterocycles. The van der Waals surface area contributed by atoms with Gasteiger partial charge in [0.2, 0.25) is 0 Å². The number of allylic oxidation sites excluding steroid dienone is 1. The zero-order valence-corrected chi connectivity index (χ0v) is 18.7. The van der Waals surface area contributed by atoms with Crippen LogP contribution in [0.5, 0.6) is 0 Å². The Morgan fingerprint density at radius 2 is 1.83 bits per heavy atom. The van der Waals surface area contributed by atoms with Crippen molar-refractivity contribution in [2.24, 2.45) is 34.5 Å². The summed E-state index contributed by atoms with van der Waals surface area (Å²) >= 11 is 0. The number of aliphatic hydroxyl groups excluding tert-OH is 1. The van der Waals surface area contributed by atoms with E-state index in [-0.39, 0.29) is 17.3 Å². The van der Waals surface area contributed by atoms with Crippen molar-refractivity contribution in [1.29, 1.82) is 0 Å². The lowest BCUT2D eigenvalue weighted by molar-refractivity contribution is -0.113. The number of hydrogen-bond acceptors (Lipinski definition) is 2. The fourth-order valence-corrected chi connectivity index (χ4v) is 7.96. The first-order valence-electron chi connectivity index (χ1n) is 11.9. The van der Waals surface area contributed by atoms with E-state index in [9.17, 15) is 19.0 Å². The molecule has 3 saturated carbocycles. The first-order valence-corrected chi connectivity index (χ1v) is 11.9. The van der Waals surface area contributed by atoms with Crippen LogP contribution >= 0.6 is 0 Å². The second kappa shape index (κ2) is 7.02. The maximum atomic E-state index is 14.0. The van der Waals surface area contributed by atoms with Gasteiger partial charge in [-0.05, 0) is 106 Å². The van der Waals surface area contributed by atoms with Gasteiger partial charge in [-0.1, -0.05) is 25.5 Å². The van der Waals surface area contributed by atoms with Crippen LogP contribution < -0.4 is 0 Å². The molecule has 166 valence electrons. The van der Waals surface area contributed by atoms with Gasteiger partial charge in [0.15, 0.2) is 0 Å². The lowest BCUT2D eigenvalue weighted by Crippen LogP contribution is -2.51. The molecule has 0 bridgehead atoms. The molecule has 0 aromatic rings. The van der Waals surface area contributed by atoms with Gasteiger partial charge in [0.25, 0.3) is 5.92 Å². The van der Waals surface area contributed by atoms with Gasteiger partial charge in [0.05, 0.1) is 5.60 Å². The number of aliphatic hydroxyl groups is 2. The van der Waals surface area contributed by atoms with E-state index in [1.54, 1.807) is 0 Å². The van der Waals surface area contributed by atoms with Crippen molar-refractivity contribution in [2.45, 2.75) is 110 Å². The van der Waals surface area contributed by atoms with Gasteiger partial charge in [0.1, 0.15) is 6.10 Å². The molecule has 0 radical (unpaired) electrons. The van der Waals surface area contributed by atoms with Crippen molar-refractivity contribution in [1.82, 2.24) is 0 Å². The topological polar surface area (TPSA) is 40.5 Å². The minimum atomic E-state index is -2.97. The number of fused-ring (bicyclic) bond motifs is 5. The Bertz CT molecular complexity index is 670. The molecule has 3 fully saturated rings. The van der Waals surface area contributed by atoms with Gasteiger partial charge in [-0.2, -0.15) is 0 Å². The molecule has 0 amide bonds. The Kier molecular flexibility index (Phi) is 5.26. The van der Waals surface area contributed by atoms with Gasteiger partial charge < -0.3 is 10.2 Å². The minimum absolute atomic E-state index is 0.164. The van der Waals surface area contributed by atoms with Gasteiger partial charge in [0, 0.05) is 6.42 Å². The van der Waals surface area contributed by atoms with Crippen LogP contribution in [0.25, 0.3) is 0 Å². The van der Waals surface area contributed by atoms with Crippen molar-refractivity contribution < 1.29 is 19.0 Å². The van der Waals surface area contributed by atoms with E-state index >= 15 is 0 Å². The van der Waals surface area contributed by atoms with Crippen LogP contribution in [-0.4, -0.2) is 27.8 Å². The Morgan fingerprint density at radius 3 is 2.52 bits per heavy atom. The first-order chi connectivity index (χ1) is 13.4. The highest BCUT2D eigenvalue weighted by molar-refractivity contribution is 5.26. The summed E-state index contributed by atoms with van der Waals surface area (Å²) in [5.41, 5.74) is 1.29. The predicted molar refractivity (Wildman–Crippen MR) is 112 cm³/mol. The molecule has 2 N–H and O–H groups in total. The van der Waals surface area contributed by atoms with Gasteiger partial charge >= 0.3 is 0 Å². The third-order valence-electron chi connectivity index (χ3n) is 10.0. The van der Waals surface area contributed by atoms with Gasteiger partial charge in [-0.15, -0.1) is 0 Å². The Hall–Kier alpha value is -0.480. The minimum Gasteiger partial charge on any atom is -0.390 e. The van der Waals surface area contributed by atoms with Gasteiger partial charge in [-0.25, -0.2) is 8.78 Å². The van der Waals surface area contributed by atoms with E-state index in [4.69, 9.17) is 0 Å². The summed E-state index contributed by atoms with van der Waals surface area (Å²) in [6, 6.07) is 0. The molecule has 2 nitrogen and oxygen atoms in total. The SMILES string of the molecule is C[C@H](O)C(F)(F)CCC1CCC2[C@@H]3CC=C4C[C@@](C)(O)CCC4(C)C3CCC12C. The zero-order valence-electron chi connectivity index (χ0n) is 18.7. The summed E-state index contributed by atoms with van der Waals surface area (Å²) in [5, 5.41) is 20.0. The average Bonchev–Trinajstić information content (AvgIpc) is 2.97. The van der Waals surface area contributed by atoms with Crippen molar-refractivity contribution in [3.05, 3.63) is 11.6 Å². The van der Waals surface area contributed by atoms with Crippen molar-refractivity contribution in [3.8, 4) is 0 Å². The standard InChI is InChI=1S/C25H40F2O2/c1-16(28)25(26,27)12-9-17-6-8-20-19-7-5-18-15-22(2,29)13-14-24(18,4)21(19)10-11-23(17,20)3/h5,16-17,19-21,28-29H,6-15H2,1-4H3/t16-,17?,19-,20?,21?,22-,23?,24?/m0/s1. The highest BCUT2D eigenvalue weighted by atomic mass is 19.3. The third kappa shape index (κ3) is 3.50. The lowest BCUT2D eigenvalue weighted by Gasteiger charge is -2.59. The van der Waals surface area contributed by atoms with E-state index in [1.165, 1.54) is 25.3 Å². The summed E-state index contributed by atoms with van der Waals surface area (Å²) in [6.45, 7) is 7.99. The predicted octanol–water partition coefficient (Wildman–Crippen LogP) is 6.11.